The van der Waals surface area contributed by atoms with E-state index in [1.165, 1.54) is 4.57 Å². The van der Waals surface area contributed by atoms with Gasteiger partial charge in [0.2, 0.25) is 0 Å². The number of aliphatic imine (C=N–C) groups is 1. The van der Waals surface area contributed by atoms with Crippen molar-refractivity contribution in [3.63, 3.8) is 0 Å². The summed E-state index contributed by atoms with van der Waals surface area (Å²) in [4.78, 5) is 16.0. The molecule has 6 heteroatoms. The van der Waals surface area contributed by atoms with Gasteiger partial charge in [0.25, 0.3) is 5.56 Å². The Hall–Kier alpha value is -1.56. The molecule has 98 valence electrons. The molecule has 0 aliphatic rings. The van der Waals surface area contributed by atoms with Crippen molar-refractivity contribution in [3.8, 4) is 0 Å². The topological polar surface area (TPSA) is 72.4 Å². The number of aromatic nitrogens is 1. The number of aryl methyl sites for hydroxylation is 1. The highest BCUT2D eigenvalue weighted by Gasteiger charge is 2.02. The number of rotatable bonds is 4. The number of nitrogens with one attached hydrogen (secondary N) is 1. The van der Waals surface area contributed by atoms with Gasteiger partial charge in [0.05, 0.1) is 0 Å². The SMILES string of the molecule is CC/C(=C/C(N)=Nc1cc(Br)cn(C)c1=O)NC. The average molecular weight is 313 g/mol. The van der Waals surface area contributed by atoms with Gasteiger partial charge in [-0.3, -0.25) is 4.79 Å². The summed E-state index contributed by atoms with van der Waals surface area (Å²) in [5.74, 6) is 0.302. The van der Waals surface area contributed by atoms with Crippen LogP contribution in [0.3, 0.4) is 0 Å². The standard InChI is InChI=1S/C12H17BrN4O/c1-4-9(15-2)6-11(14)16-10-5-8(13)7-17(3)12(10)18/h5-7,15H,4H2,1-3H3,(H2,14,16)/b9-6-. The largest absolute Gasteiger partial charge is 0.391 e. The zero-order valence-corrected chi connectivity index (χ0v) is 12.3. The first-order chi connectivity index (χ1) is 8.47. The van der Waals surface area contributed by atoms with Gasteiger partial charge < -0.3 is 15.6 Å². The highest BCUT2D eigenvalue weighted by molar-refractivity contribution is 9.10. The van der Waals surface area contributed by atoms with Crippen molar-refractivity contribution < 1.29 is 0 Å². The lowest BCUT2D eigenvalue weighted by Crippen LogP contribution is -2.18. The number of nitrogens with zero attached hydrogens (tertiary/aromatic N) is 2. The summed E-state index contributed by atoms with van der Waals surface area (Å²) >= 11 is 3.32. The molecule has 0 saturated heterocycles. The van der Waals surface area contributed by atoms with Crippen molar-refractivity contribution in [1.82, 2.24) is 9.88 Å². The van der Waals surface area contributed by atoms with Crippen molar-refractivity contribution in [2.24, 2.45) is 17.8 Å². The predicted octanol–water partition coefficient (Wildman–Crippen LogP) is 1.65. The molecule has 0 amide bonds. The Kier molecular flexibility index (Phi) is 5.15. The third-order valence-corrected chi connectivity index (χ3v) is 2.84. The Morgan fingerprint density at radius 1 is 1.67 bits per heavy atom. The van der Waals surface area contributed by atoms with E-state index >= 15 is 0 Å². The highest BCUT2D eigenvalue weighted by Crippen LogP contribution is 2.14. The molecule has 0 aromatic carbocycles. The van der Waals surface area contributed by atoms with Crippen molar-refractivity contribution in [3.05, 3.63) is 38.9 Å². The molecule has 18 heavy (non-hydrogen) atoms. The normalized spacial score (nSPS) is 12.7. The first-order valence-electron chi connectivity index (χ1n) is 5.56. The number of amidine groups is 1. The molecule has 1 heterocycles. The summed E-state index contributed by atoms with van der Waals surface area (Å²) < 4.78 is 2.24. The van der Waals surface area contributed by atoms with Gasteiger partial charge in [0.15, 0.2) is 0 Å². The van der Waals surface area contributed by atoms with Crippen LogP contribution in [0, 0.1) is 0 Å². The van der Waals surface area contributed by atoms with Gasteiger partial charge in [-0.25, -0.2) is 4.99 Å². The molecule has 0 bridgehead atoms. The van der Waals surface area contributed by atoms with Crippen LogP contribution in [0.25, 0.3) is 0 Å². The zero-order chi connectivity index (χ0) is 13.7. The van der Waals surface area contributed by atoms with Gasteiger partial charge in [0, 0.05) is 30.5 Å². The van der Waals surface area contributed by atoms with Crippen molar-refractivity contribution in [2.75, 3.05) is 7.05 Å². The first-order valence-corrected chi connectivity index (χ1v) is 6.36. The molecule has 0 atom stereocenters. The molecule has 5 nitrogen and oxygen atoms in total. The van der Waals surface area contributed by atoms with Crippen LogP contribution < -0.4 is 16.6 Å². The number of halogens is 1. The average Bonchev–Trinajstić information content (AvgIpc) is 2.32. The quantitative estimate of drug-likeness (QED) is 0.656. The third-order valence-electron chi connectivity index (χ3n) is 2.40. The Balaban J connectivity index is 3.17. The van der Waals surface area contributed by atoms with E-state index < -0.39 is 0 Å². The lowest BCUT2D eigenvalue weighted by Gasteiger charge is -2.04. The van der Waals surface area contributed by atoms with Crippen LogP contribution in [0.5, 0.6) is 0 Å². The maximum absolute atomic E-state index is 11.8. The van der Waals surface area contributed by atoms with E-state index in [-0.39, 0.29) is 5.56 Å². The summed E-state index contributed by atoms with van der Waals surface area (Å²) in [6.07, 6.45) is 4.22. The van der Waals surface area contributed by atoms with Crippen LogP contribution in [0.1, 0.15) is 13.3 Å². The highest BCUT2D eigenvalue weighted by atomic mass is 79.9. The van der Waals surface area contributed by atoms with Crippen LogP contribution in [0.15, 0.2) is 38.3 Å². The third kappa shape index (κ3) is 3.73. The van der Waals surface area contributed by atoms with Crippen LogP contribution in [0.2, 0.25) is 0 Å². The molecular formula is C12H17BrN4O. The lowest BCUT2D eigenvalue weighted by molar-refractivity contribution is 0.855. The Morgan fingerprint density at radius 2 is 2.33 bits per heavy atom. The summed E-state index contributed by atoms with van der Waals surface area (Å²) in [6, 6.07) is 1.65. The minimum Gasteiger partial charge on any atom is -0.391 e. The van der Waals surface area contributed by atoms with Gasteiger partial charge in [-0.2, -0.15) is 0 Å². The molecule has 1 rings (SSSR count). The van der Waals surface area contributed by atoms with Crippen molar-refractivity contribution >= 4 is 27.5 Å². The van der Waals surface area contributed by atoms with Crippen LogP contribution >= 0.6 is 15.9 Å². The Labute approximate surface area is 115 Å². The zero-order valence-electron chi connectivity index (χ0n) is 10.7. The first kappa shape index (κ1) is 14.5. The number of nitrogens with two attached hydrogens (primary N) is 1. The van der Waals surface area contributed by atoms with E-state index in [2.05, 4.69) is 26.2 Å². The summed E-state index contributed by atoms with van der Waals surface area (Å²) in [6.45, 7) is 2.01. The second-order valence-electron chi connectivity index (χ2n) is 3.77. The molecule has 1 aromatic rings. The predicted molar refractivity (Wildman–Crippen MR) is 78.1 cm³/mol. The summed E-state index contributed by atoms with van der Waals surface area (Å²) in [7, 11) is 3.49. The minimum absolute atomic E-state index is 0.183. The maximum Gasteiger partial charge on any atom is 0.276 e. The molecule has 0 spiro atoms. The fourth-order valence-electron chi connectivity index (χ4n) is 1.43. The fourth-order valence-corrected chi connectivity index (χ4v) is 1.96. The Morgan fingerprint density at radius 3 is 2.89 bits per heavy atom. The number of hydrogen-bond acceptors (Lipinski definition) is 3. The molecule has 0 aliphatic carbocycles. The van der Waals surface area contributed by atoms with E-state index in [1.807, 2.05) is 14.0 Å². The smallest absolute Gasteiger partial charge is 0.276 e. The van der Waals surface area contributed by atoms with Crippen LogP contribution in [0.4, 0.5) is 5.69 Å². The van der Waals surface area contributed by atoms with Gasteiger partial charge in [-0.15, -0.1) is 0 Å². The second kappa shape index (κ2) is 6.39. The van der Waals surface area contributed by atoms with Gasteiger partial charge in [-0.1, -0.05) is 6.92 Å². The number of allylic oxidation sites excluding steroid dienone is 1. The number of pyridine rings is 1. The van der Waals surface area contributed by atoms with Gasteiger partial charge in [-0.05, 0) is 34.5 Å². The van der Waals surface area contributed by atoms with Crippen molar-refractivity contribution in [2.45, 2.75) is 13.3 Å². The second-order valence-corrected chi connectivity index (χ2v) is 4.69. The molecule has 3 N–H and O–H groups in total. The summed E-state index contributed by atoms with van der Waals surface area (Å²) in [5.41, 5.74) is 6.89. The summed E-state index contributed by atoms with van der Waals surface area (Å²) in [5, 5.41) is 3.01. The van der Waals surface area contributed by atoms with E-state index in [0.717, 1.165) is 16.6 Å². The lowest BCUT2D eigenvalue weighted by atomic mass is 10.3. The van der Waals surface area contributed by atoms with Crippen LogP contribution in [-0.2, 0) is 7.05 Å². The number of hydrogen-bond donors (Lipinski definition) is 2. The minimum atomic E-state index is -0.183. The molecule has 0 saturated carbocycles. The monoisotopic (exact) mass is 312 g/mol. The fraction of sp³-hybridized carbons (Fsp3) is 0.333. The molecule has 1 aromatic heterocycles. The molecule has 0 fully saturated rings. The Bertz CT molecular complexity index is 539. The van der Waals surface area contributed by atoms with E-state index in [9.17, 15) is 4.79 Å². The maximum atomic E-state index is 11.8. The molecule has 0 aliphatic heterocycles. The molecular weight excluding hydrogens is 296 g/mol. The van der Waals surface area contributed by atoms with E-state index in [0.29, 0.717) is 11.5 Å². The van der Waals surface area contributed by atoms with Crippen LogP contribution in [-0.4, -0.2) is 17.5 Å². The van der Waals surface area contributed by atoms with Gasteiger partial charge in [0.1, 0.15) is 11.5 Å². The van der Waals surface area contributed by atoms with E-state index in [4.69, 9.17) is 5.73 Å². The molecule has 0 unspecified atom stereocenters. The molecule has 0 radical (unpaired) electrons. The van der Waals surface area contributed by atoms with E-state index in [1.54, 1.807) is 25.4 Å². The van der Waals surface area contributed by atoms with Crippen molar-refractivity contribution in [1.29, 1.82) is 0 Å². The van der Waals surface area contributed by atoms with Gasteiger partial charge >= 0.3 is 0 Å².